The highest BCUT2D eigenvalue weighted by molar-refractivity contribution is 7.80. The Bertz CT molecular complexity index is 407. The van der Waals surface area contributed by atoms with Crippen LogP contribution in [0.4, 0.5) is 0 Å². The summed E-state index contributed by atoms with van der Waals surface area (Å²) in [4.78, 5) is 0. The molecule has 0 bridgehead atoms. The Morgan fingerprint density at radius 2 is 1.94 bits per heavy atom. The van der Waals surface area contributed by atoms with Gasteiger partial charge in [-0.05, 0) is 62.8 Å². The van der Waals surface area contributed by atoms with Crippen LogP contribution in [0.15, 0.2) is 29.4 Å². The summed E-state index contributed by atoms with van der Waals surface area (Å²) in [6.45, 7) is 6.03. The van der Waals surface area contributed by atoms with Gasteiger partial charge in [0.2, 0.25) is 0 Å². The van der Waals surface area contributed by atoms with E-state index in [2.05, 4.69) is 22.7 Å². The minimum Gasteiger partial charge on any atom is -0.488 e. The van der Waals surface area contributed by atoms with Crippen LogP contribution in [0.5, 0.6) is 5.75 Å². The molecule has 0 fully saturated rings. The second kappa shape index (κ2) is 5.63. The molecule has 17 heavy (non-hydrogen) atoms. The number of nitrogens with zero attached hydrogens (tertiary/aromatic N) is 1. The first-order valence-corrected chi connectivity index (χ1v) is 5.65. The van der Waals surface area contributed by atoms with Gasteiger partial charge in [0.05, 0.1) is 6.21 Å². The van der Waals surface area contributed by atoms with Crippen LogP contribution >= 0.6 is 12.2 Å². The Morgan fingerprint density at radius 3 is 2.41 bits per heavy atom. The van der Waals surface area contributed by atoms with Crippen LogP contribution in [0.3, 0.4) is 0 Å². The lowest BCUT2D eigenvalue weighted by Gasteiger charge is -2.21. The second-order valence-corrected chi connectivity index (χ2v) is 4.96. The molecule has 1 aromatic carbocycles. The summed E-state index contributed by atoms with van der Waals surface area (Å²) in [7, 11) is 0. The van der Waals surface area contributed by atoms with Gasteiger partial charge in [-0.25, -0.2) is 0 Å². The molecule has 0 spiro atoms. The SMILES string of the molecule is CC(C)(C)Oc1ccc(C=NNC(N)=S)cc1. The first-order chi connectivity index (χ1) is 7.87. The van der Waals surface area contributed by atoms with Gasteiger partial charge in [0.15, 0.2) is 5.11 Å². The second-order valence-electron chi connectivity index (χ2n) is 4.52. The molecule has 0 aliphatic rings. The van der Waals surface area contributed by atoms with Crippen molar-refractivity contribution in [3.8, 4) is 5.75 Å². The van der Waals surface area contributed by atoms with Gasteiger partial charge in [-0.2, -0.15) is 5.10 Å². The van der Waals surface area contributed by atoms with E-state index in [1.54, 1.807) is 6.21 Å². The zero-order valence-electron chi connectivity index (χ0n) is 10.2. The van der Waals surface area contributed by atoms with E-state index in [1.165, 1.54) is 0 Å². The maximum Gasteiger partial charge on any atom is 0.184 e. The number of nitrogens with two attached hydrogens (primary N) is 1. The van der Waals surface area contributed by atoms with E-state index < -0.39 is 0 Å². The first-order valence-electron chi connectivity index (χ1n) is 5.24. The van der Waals surface area contributed by atoms with Crippen LogP contribution in [0, 0.1) is 0 Å². The van der Waals surface area contributed by atoms with Gasteiger partial charge < -0.3 is 10.5 Å². The van der Waals surface area contributed by atoms with Crippen molar-refractivity contribution in [3.05, 3.63) is 29.8 Å². The maximum atomic E-state index is 5.70. The van der Waals surface area contributed by atoms with Crippen molar-refractivity contribution in [2.45, 2.75) is 26.4 Å². The highest BCUT2D eigenvalue weighted by Gasteiger charge is 2.10. The average Bonchev–Trinajstić information content (AvgIpc) is 2.18. The molecule has 0 atom stereocenters. The van der Waals surface area contributed by atoms with E-state index in [4.69, 9.17) is 10.5 Å². The Morgan fingerprint density at radius 1 is 1.35 bits per heavy atom. The van der Waals surface area contributed by atoms with E-state index in [0.717, 1.165) is 11.3 Å². The van der Waals surface area contributed by atoms with Gasteiger partial charge in [-0.15, -0.1) is 0 Å². The third kappa shape index (κ3) is 5.87. The molecule has 1 rings (SSSR count). The Labute approximate surface area is 107 Å². The molecule has 0 aromatic heterocycles. The molecule has 0 saturated heterocycles. The quantitative estimate of drug-likeness (QED) is 0.490. The van der Waals surface area contributed by atoms with E-state index in [0.29, 0.717) is 0 Å². The smallest absolute Gasteiger partial charge is 0.184 e. The standard InChI is InChI=1S/C12H17N3OS/c1-12(2,3)16-10-6-4-9(5-7-10)8-14-15-11(13)17/h4-8H,1-3H3,(H3,13,15,17). The van der Waals surface area contributed by atoms with Gasteiger partial charge in [-0.1, -0.05) is 0 Å². The summed E-state index contributed by atoms with van der Waals surface area (Å²) < 4.78 is 5.70. The van der Waals surface area contributed by atoms with Gasteiger partial charge in [0.25, 0.3) is 0 Å². The molecule has 0 amide bonds. The summed E-state index contributed by atoms with van der Waals surface area (Å²) in [5.74, 6) is 0.831. The molecule has 0 saturated carbocycles. The predicted octanol–water partition coefficient (Wildman–Crippen LogP) is 2.03. The minimum atomic E-state index is -0.192. The third-order valence-corrected chi connectivity index (χ3v) is 1.78. The molecule has 0 aliphatic heterocycles. The van der Waals surface area contributed by atoms with Crippen LogP contribution in [0.2, 0.25) is 0 Å². The number of hydrazone groups is 1. The van der Waals surface area contributed by atoms with Gasteiger partial charge in [0.1, 0.15) is 11.4 Å². The average molecular weight is 251 g/mol. The molecule has 5 heteroatoms. The molecule has 4 nitrogen and oxygen atoms in total. The molecule has 3 N–H and O–H groups in total. The number of nitrogens with one attached hydrogen (secondary N) is 1. The zero-order chi connectivity index (χ0) is 12.9. The molecular formula is C12H17N3OS. The summed E-state index contributed by atoms with van der Waals surface area (Å²) in [5, 5.41) is 4.01. The maximum absolute atomic E-state index is 5.70. The van der Waals surface area contributed by atoms with Crippen LogP contribution in [0.25, 0.3) is 0 Å². The van der Waals surface area contributed by atoms with Gasteiger partial charge >= 0.3 is 0 Å². The topological polar surface area (TPSA) is 59.6 Å². The number of ether oxygens (including phenoxy) is 1. The monoisotopic (exact) mass is 251 g/mol. The molecule has 0 radical (unpaired) electrons. The Hall–Kier alpha value is -1.62. The Balaban J connectivity index is 2.62. The van der Waals surface area contributed by atoms with E-state index in [1.807, 2.05) is 45.0 Å². The summed E-state index contributed by atoms with van der Waals surface area (Å²) >= 11 is 4.62. The number of benzene rings is 1. The molecule has 0 aliphatic carbocycles. The lowest BCUT2D eigenvalue weighted by atomic mass is 10.2. The number of hydrogen-bond donors (Lipinski definition) is 2. The van der Waals surface area contributed by atoms with Crippen molar-refractivity contribution in [2.24, 2.45) is 10.8 Å². The summed E-state index contributed by atoms with van der Waals surface area (Å²) in [5.41, 5.74) is 8.48. The Kier molecular flexibility index (Phi) is 4.45. The van der Waals surface area contributed by atoms with Gasteiger partial charge in [-0.3, -0.25) is 5.43 Å². The van der Waals surface area contributed by atoms with Crippen molar-refractivity contribution in [3.63, 3.8) is 0 Å². The number of thiocarbonyl (C=S) groups is 1. The lowest BCUT2D eigenvalue weighted by molar-refractivity contribution is 0.131. The number of rotatable bonds is 3. The highest BCUT2D eigenvalue weighted by atomic mass is 32.1. The van der Waals surface area contributed by atoms with Crippen LogP contribution in [0.1, 0.15) is 26.3 Å². The minimum absolute atomic E-state index is 0.147. The summed E-state index contributed by atoms with van der Waals surface area (Å²) in [6, 6.07) is 7.61. The van der Waals surface area contributed by atoms with Crippen molar-refractivity contribution in [2.75, 3.05) is 0 Å². The normalized spacial score (nSPS) is 11.5. The van der Waals surface area contributed by atoms with Crippen molar-refractivity contribution in [1.29, 1.82) is 0 Å². The van der Waals surface area contributed by atoms with Crippen molar-refractivity contribution < 1.29 is 4.74 Å². The van der Waals surface area contributed by atoms with E-state index in [9.17, 15) is 0 Å². The first kappa shape index (κ1) is 13.4. The van der Waals surface area contributed by atoms with Crippen molar-refractivity contribution in [1.82, 2.24) is 5.43 Å². The van der Waals surface area contributed by atoms with Crippen molar-refractivity contribution >= 4 is 23.5 Å². The lowest BCUT2D eigenvalue weighted by Crippen LogP contribution is -2.24. The molecule has 0 unspecified atom stereocenters. The largest absolute Gasteiger partial charge is 0.488 e. The zero-order valence-corrected chi connectivity index (χ0v) is 11.0. The fourth-order valence-electron chi connectivity index (χ4n) is 1.15. The molecular weight excluding hydrogens is 234 g/mol. The van der Waals surface area contributed by atoms with E-state index in [-0.39, 0.29) is 10.7 Å². The molecule has 1 aromatic rings. The van der Waals surface area contributed by atoms with Crippen LogP contribution in [-0.4, -0.2) is 16.9 Å². The molecule has 92 valence electrons. The third-order valence-electron chi connectivity index (χ3n) is 1.69. The number of hydrogen-bond acceptors (Lipinski definition) is 3. The van der Waals surface area contributed by atoms with Crippen LogP contribution in [-0.2, 0) is 0 Å². The fourth-order valence-corrected chi connectivity index (χ4v) is 1.20. The summed E-state index contributed by atoms with van der Waals surface area (Å²) in [6.07, 6.45) is 1.64. The fraction of sp³-hybridized carbons (Fsp3) is 0.333. The molecule has 0 heterocycles. The predicted molar refractivity (Wildman–Crippen MR) is 74.3 cm³/mol. The van der Waals surface area contributed by atoms with E-state index >= 15 is 0 Å². The highest BCUT2D eigenvalue weighted by Crippen LogP contribution is 2.17. The van der Waals surface area contributed by atoms with Crippen LogP contribution < -0.4 is 15.9 Å². The van der Waals surface area contributed by atoms with Gasteiger partial charge in [0, 0.05) is 0 Å².